The van der Waals surface area contributed by atoms with Crippen molar-refractivity contribution in [1.82, 2.24) is 0 Å². The maximum atomic E-state index is 11.3. The van der Waals surface area contributed by atoms with Crippen LogP contribution in [0.2, 0.25) is 10.0 Å². The van der Waals surface area contributed by atoms with Crippen LogP contribution in [0.3, 0.4) is 0 Å². The van der Waals surface area contributed by atoms with Gasteiger partial charge in [0.1, 0.15) is 17.3 Å². The summed E-state index contributed by atoms with van der Waals surface area (Å²) >= 11 is 11.8. The molecule has 2 unspecified atom stereocenters. The van der Waals surface area contributed by atoms with Crippen LogP contribution in [0.4, 0.5) is 0 Å². The highest BCUT2D eigenvalue weighted by molar-refractivity contribution is 8.13. The molecule has 1 aromatic rings. The third-order valence-electron chi connectivity index (χ3n) is 2.99. The Morgan fingerprint density at radius 3 is 2.55 bits per heavy atom. The van der Waals surface area contributed by atoms with Crippen LogP contribution < -0.4 is 4.74 Å². The first-order chi connectivity index (χ1) is 9.27. The molecule has 1 heterocycles. The summed E-state index contributed by atoms with van der Waals surface area (Å²) in [5.74, 6) is 0.309. The summed E-state index contributed by atoms with van der Waals surface area (Å²) in [6.45, 7) is 2.34. The molecule has 112 valence electrons. The van der Waals surface area contributed by atoms with Gasteiger partial charge < -0.3 is 9.47 Å². The summed E-state index contributed by atoms with van der Waals surface area (Å²) in [6, 6.07) is 2.53. The molecule has 1 aromatic carbocycles. The molecule has 1 aliphatic heterocycles. The maximum absolute atomic E-state index is 11.3. The number of rotatable bonds is 4. The van der Waals surface area contributed by atoms with Gasteiger partial charge in [-0.3, -0.25) is 0 Å². The van der Waals surface area contributed by atoms with Crippen molar-refractivity contribution in [3.63, 3.8) is 0 Å². The minimum absolute atomic E-state index is 0.0104. The average Bonchev–Trinajstić information content (AvgIpc) is 2.74. The van der Waals surface area contributed by atoms with Gasteiger partial charge in [0, 0.05) is 16.7 Å². The lowest BCUT2D eigenvalue weighted by molar-refractivity contribution is 0.0265. The van der Waals surface area contributed by atoms with Crippen LogP contribution in [0.25, 0.3) is 0 Å². The standard InChI is InChI=1S/C12H13Cl3O4S/c1-7-2-3-8(19-7)6-18-11-4-10(14)12(5-9(11)13)20(15,16)17/h4-5,7-8H,2-3,6H2,1H3. The molecule has 20 heavy (non-hydrogen) atoms. The van der Waals surface area contributed by atoms with Gasteiger partial charge in [0.25, 0.3) is 9.05 Å². The zero-order valence-electron chi connectivity index (χ0n) is 10.6. The highest BCUT2D eigenvalue weighted by Gasteiger charge is 2.23. The van der Waals surface area contributed by atoms with E-state index >= 15 is 0 Å². The Morgan fingerprint density at radius 1 is 1.30 bits per heavy atom. The van der Waals surface area contributed by atoms with Crippen molar-refractivity contribution in [1.29, 1.82) is 0 Å². The van der Waals surface area contributed by atoms with Crippen molar-refractivity contribution in [2.75, 3.05) is 6.61 Å². The number of hydrogen-bond donors (Lipinski definition) is 0. The third kappa shape index (κ3) is 3.92. The van der Waals surface area contributed by atoms with Crippen LogP contribution >= 0.6 is 33.9 Å². The monoisotopic (exact) mass is 358 g/mol. The Morgan fingerprint density at radius 2 is 2.00 bits per heavy atom. The minimum Gasteiger partial charge on any atom is -0.489 e. The van der Waals surface area contributed by atoms with E-state index in [9.17, 15) is 8.42 Å². The first kappa shape index (κ1) is 16.2. The predicted molar refractivity (Wildman–Crippen MR) is 78.6 cm³/mol. The molecular weight excluding hydrogens is 347 g/mol. The molecule has 0 aromatic heterocycles. The lowest BCUT2D eigenvalue weighted by Crippen LogP contribution is -2.18. The van der Waals surface area contributed by atoms with Crippen LogP contribution in [-0.2, 0) is 13.8 Å². The molecule has 1 aliphatic rings. The van der Waals surface area contributed by atoms with E-state index in [2.05, 4.69) is 0 Å². The van der Waals surface area contributed by atoms with E-state index < -0.39 is 9.05 Å². The Hall–Kier alpha value is -0.200. The summed E-state index contributed by atoms with van der Waals surface area (Å²) < 4.78 is 33.7. The van der Waals surface area contributed by atoms with E-state index in [0.29, 0.717) is 12.4 Å². The predicted octanol–water partition coefficient (Wildman–Crippen LogP) is 3.87. The Kier molecular flexibility index (Phi) is 5.08. The molecule has 2 rings (SSSR count). The fraction of sp³-hybridized carbons (Fsp3) is 0.500. The minimum atomic E-state index is -3.94. The lowest BCUT2D eigenvalue weighted by Gasteiger charge is -2.14. The van der Waals surface area contributed by atoms with E-state index in [0.717, 1.165) is 12.8 Å². The number of hydrogen-bond acceptors (Lipinski definition) is 4. The van der Waals surface area contributed by atoms with Crippen molar-refractivity contribution < 1.29 is 17.9 Å². The topological polar surface area (TPSA) is 52.6 Å². The van der Waals surface area contributed by atoms with Crippen molar-refractivity contribution >= 4 is 42.9 Å². The van der Waals surface area contributed by atoms with Crippen LogP contribution in [0.15, 0.2) is 17.0 Å². The average molecular weight is 360 g/mol. The van der Waals surface area contributed by atoms with E-state index in [1.165, 1.54) is 12.1 Å². The molecule has 1 fully saturated rings. The van der Waals surface area contributed by atoms with Crippen molar-refractivity contribution in [2.45, 2.75) is 36.9 Å². The van der Waals surface area contributed by atoms with Gasteiger partial charge in [-0.1, -0.05) is 23.2 Å². The number of halogens is 3. The maximum Gasteiger partial charge on any atom is 0.262 e. The van der Waals surface area contributed by atoms with Gasteiger partial charge in [-0.15, -0.1) is 0 Å². The molecule has 0 spiro atoms. The Balaban J connectivity index is 2.11. The molecule has 0 bridgehead atoms. The molecule has 0 radical (unpaired) electrons. The van der Waals surface area contributed by atoms with Crippen molar-refractivity contribution in [2.24, 2.45) is 0 Å². The first-order valence-electron chi connectivity index (χ1n) is 5.99. The van der Waals surface area contributed by atoms with E-state index in [-0.39, 0.29) is 27.1 Å². The SMILES string of the molecule is CC1CCC(COc2cc(Cl)c(S(=O)(=O)Cl)cc2Cl)O1. The van der Waals surface area contributed by atoms with Crippen LogP contribution in [-0.4, -0.2) is 27.2 Å². The fourth-order valence-electron chi connectivity index (χ4n) is 2.00. The normalized spacial score (nSPS) is 23.0. The Bertz CT molecular complexity index is 603. The molecule has 0 saturated carbocycles. The largest absolute Gasteiger partial charge is 0.489 e. The zero-order chi connectivity index (χ0) is 14.9. The lowest BCUT2D eigenvalue weighted by atomic mass is 10.2. The van der Waals surface area contributed by atoms with Crippen LogP contribution in [0, 0.1) is 0 Å². The quantitative estimate of drug-likeness (QED) is 0.766. The van der Waals surface area contributed by atoms with Gasteiger partial charge in [-0.25, -0.2) is 8.42 Å². The summed E-state index contributed by atoms with van der Waals surface area (Å²) in [4.78, 5) is -0.232. The highest BCUT2D eigenvalue weighted by Crippen LogP contribution is 2.35. The van der Waals surface area contributed by atoms with Crippen molar-refractivity contribution in [3.8, 4) is 5.75 Å². The van der Waals surface area contributed by atoms with Crippen molar-refractivity contribution in [3.05, 3.63) is 22.2 Å². The summed E-state index contributed by atoms with van der Waals surface area (Å²) in [7, 11) is 1.32. The Labute approximate surface area is 132 Å². The second kappa shape index (κ2) is 6.28. The smallest absolute Gasteiger partial charge is 0.262 e. The summed E-state index contributed by atoms with van der Waals surface area (Å²) in [6.07, 6.45) is 2.15. The van der Waals surface area contributed by atoms with Gasteiger partial charge in [0.15, 0.2) is 0 Å². The molecule has 2 atom stereocenters. The van der Waals surface area contributed by atoms with Gasteiger partial charge in [-0.05, 0) is 25.8 Å². The molecule has 0 amide bonds. The number of ether oxygens (including phenoxy) is 2. The van der Waals surface area contributed by atoms with Gasteiger partial charge in [0.2, 0.25) is 0 Å². The molecule has 1 saturated heterocycles. The van der Waals surface area contributed by atoms with Gasteiger partial charge >= 0.3 is 0 Å². The summed E-state index contributed by atoms with van der Waals surface area (Å²) in [5, 5.41) is 0.111. The third-order valence-corrected chi connectivity index (χ3v) is 5.08. The molecule has 4 nitrogen and oxygen atoms in total. The van der Waals surface area contributed by atoms with E-state index in [1.54, 1.807) is 0 Å². The first-order valence-corrected chi connectivity index (χ1v) is 9.06. The van der Waals surface area contributed by atoms with E-state index in [1.807, 2.05) is 6.92 Å². The van der Waals surface area contributed by atoms with Gasteiger partial charge in [0.05, 0.1) is 22.3 Å². The highest BCUT2D eigenvalue weighted by atomic mass is 35.7. The second-order valence-corrected chi connectivity index (χ2v) is 7.96. The molecular formula is C12H13Cl3O4S. The van der Waals surface area contributed by atoms with Crippen LogP contribution in [0.5, 0.6) is 5.75 Å². The fourth-order valence-corrected chi connectivity index (χ4v) is 3.79. The molecule has 8 heteroatoms. The second-order valence-electron chi connectivity index (χ2n) is 4.61. The van der Waals surface area contributed by atoms with E-state index in [4.69, 9.17) is 43.4 Å². The molecule has 0 aliphatic carbocycles. The summed E-state index contributed by atoms with van der Waals surface area (Å²) in [5.41, 5.74) is 0. The number of benzene rings is 1. The van der Waals surface area contributed by atoms with Gasteiger partial charge in [-0.2, -0.15) is 0 Å². The zero-order valence-corrected chi connectivity index (χ0v) is 13.7. The van der Waals surface area contributed by atoms with Crippen LogP contribution in [0.1, 0.15) is 19.8 Å². The molecule has 0 N–H and O–H groups in total.